The van der Waals surface area contributed by atoms with Crippen LogP contribution < -0.4 is 5.73 Å². The van der Waals surface area contributed by atoms with E-state index in [0.29, 0.717) is 13.2 Å². The van der Waals surface area contributed by atoms with Gasteiger partial charge in [-0.25, -0.2) is 4.98 Å². The average Bonchev–Trinajstić information content (AvgIpc) is 2.41. The maximum Gasteiger partial charge on any atom is 0.119 e. The molecule has 1 rings (SSSR count). The molecule has 0 atom stereocenters. The van der Waals surface area contributed by atoms with Crippen LogP contribution in [-0.4, -0.2) is 18.1 Å². The zero-order valence-corrected chi connectivity index (χ0v) is 8.99. The Kier molecular flexibility index (Phi) is 4.35. The minimum atomic E-state index is 0.624. The summed E-state index contributed by atoms with van der Waals surface area (Å²) in [6.07, 6.45) is 0.920. The van der Waals surface area contributed by atoms with E-state index in [2.05, 4.69) is 11.9 Å². The number of thiazole rings is 1. The van der Waals surface area contributed by atoms with Gasteiger partial charge in [0.1, 0.15) is 5.01 Å². The van der Waals surface area contributed by atoms with E-state index in [1.165, 1.54) is 4.88 Å². The summed E-state index contributed by atoms with van der Waals surface area (Å²) >= 11 is 1.71. The maximum absolute atomic E-state index is 5.40. The Balaban J connectivity index is 2.29. The Morgan fingerprint density at radius 3 is 2.77 bits per heavy atom. The second-order valence-electron chi connectivity index (χ2n) is 2.94. The van der Waals surface area contributed by atoms with Gasteiger partial charge in [0.2, 0.25) is 0 Å². The molecule has 0 aliphatic carbocycles. The monoisotopic (exact) mass is 200 g/mol. The molecule has 3 nitrogen and oxygen atoms in total. The van der Waals surface area contributed by atoms with Gasteiger partial charge in [-0.15, -0.1) is 11.3 Å². The molecular weight excluding hydrogens is 184 g/mol. The minimum absolute atomic E-state index is 0.624. The van der Waals surface area contributed by atoms with Gasteiger partial charge in [0.15, 0.2) is 0 Å². The van der Waals surface area contributed by atoms with Crippen molar-refractivity contribution in [2.24, 2.45) is 5.73 Å². The zero-order valence-electron chi connectivity index (χ0n) is 8.17. The third-order valence-electron chi connectivity index (χ3n) is 1.79. The first-order valence-electron chi connectivity index (χ1n) is 4.44. The molecule has 2 N–H and O–H groups in total. The van der Waals surface area contributed by atoms with Crippen molar-refractivity contribution in [3.8, 4) is 0 Å². The number of nitrogens with two attached hydrogens (primary N) is 1. The number of rotatable bonds is 5. The zero-order chi connectivity index (χ0) is 9.68. The molecule has 1 heterocycles. The number of aryl methyl sites for hydroxylation is 2. The average molecular weight is 200 g/mol. The van der Waals surface area contributed by atoms with Crippen molar-refractivity contribution in [2.45, 2.75) is 26.9 Å². The molecule has 74 valence electrons. The van der Waals surface area contributed by atoms with E-state index in [9.17, 15) is 0 Å². The van der Waals surface area contributed by atoms with Crippen LogP contribution in [0.15, 0.2) is 0 Å². The van der Waals surface area contributed by atoms with Crippen LogP contribution in [-0.2, 0) is 11.3 Å². The van der Waals surface area contributed by atoms with Gasteiger partial charge in [-0.1, -0.05) is 0 Å². The van der Waals surface area contributed by atoms with Gasteiger partial charge in [-0.2, -0.15) is 0 Å². The highest BCUT2D eigenvalue weighted by Crippen LogP contribution is 2.16. The van der Waals surface area contributed by atoms with E-state index in [-0.39, 0.29) is 0 Å². The molecule has 0 aliphatic rings. The standard InChI is InChI=1S/C9H16N2OS/c1-7-8(2)13-9(11-7)6-12-5-3-4-10/h3-6,10H2,1-2H3. The molecule has 0 saturated carbocycles. The molecule has 0 aliphatic heterocycles. The highest BCUT2D eigenvalue weighted by atomic mass is 32.1. The Morgan fingerprint density at radius 2 is 2.23 bits per heavy atom. The summed E-state index contributed by atoms with van der Waals surface area (Å²) in [5.41, 5.74) is 6.46. The number of ether oxygens (including phenoxy) is 1. The van der Waals surface area contributed by atoms with Gasteiger partial charge in [0.25, 0.3) is 0 Å². The van der Waals surface area contributed by atoms with Crippen molar-refractivity contribution < 1.29 is 4.74 Å². The van der Waals surface area contributed by atoms with Crippen LogP contribution in [0.5, 0.6) is 0 Å². The topological polar surface area (TPSA) is 48.1 Å². The summed E-state index contributed by atoms with van der Waals surface area (Å²) in [5, 5.41) is 1.06. The number of aromatic nitrogens is 1. The van der Waals surface area contributed by atoms with Gasteiger partial charge in [-0.05, 0) is 26.8 Å². The first-order chi connectivity index (χ1) is 6.24. The van der Waals surface area contributed by atoms with Crippen molar-refractivity contribution in [3.63, 3.8) is 0 Å². The number of hydrogen-bond donors (Lipinski definition) is 1. The quantitative estimate of drug-likeness (QED) is 0.735. The fraction of sp³-hybridized carbons (Fsp3) is 0.667. The van der Waals surface area contributed by atoms with Crippen LogP contribution in [0.1, 0.15) is 22.0 Å². The third kappa shape index (κ3) is 3.42. The number of nitrogens with zero attached hydrogens (tertiary/aromatic N) is 1. The molecule has 0 unspecified atom stereocenters. The molecule has 0 fully saturated rings. The molecule has 4 heteroatoms. The van der Waals surface area contributed by atoms with Crippen LogP contribution in [0, 0.1) is 13.8 Å². The Labute approximate surface area is 82.9 Å². The Morgan fingerprint density at radius 1 is 1.46 bits per heavy atom. The number of hydrogen-bond acceptors (Lipinski definition) is 4. The second-order valence-corrected chi connectivity index (χ2v) is 4.23. The van der Waals surface area contributed by atoms with Crippen LogP contribution >= 0.6 is 11.3 Å². The maximum atomic E-state index is 5.40. The van der Waals surface area contributed by atoms with E-state index in [4.69, 9.17) is 10.5 Å². The van der Waals surface area contributed by atoms with E-state index in [1.807, 2.05) is 6.92 Å². The van der Waals surface area contributed by atoms with Crippen molar-refractivity contribution in [2.75, 3.05) is 13.2 Å². The predicted molar refractivity (Wildman–Crippen MR) is 54.9 cm³/mol. The summed E-state index contributed by atoms with van der Waals surface area (Å²) in [4.78, 5) is 5.65. The Hall–Kier alpha value is -0.450. The molecule has 0 spiro atoms. The molecule has 0 aromatic carbocycles. The molecule has 13 heavy (non-hydrogen) atoms. The fourth-order valence-corrected chi connectivity index (χ4v) is 1.82. The fourth-order valence-electron chi connectivity index (χ4n) is 0.946. The van der Waals surface area contributed by atoms with Crippen molar-refractivity contribution in [1.82, 2.24) is 4.98 Å². The molecular formula is C9H16N2OS. The summed E-state index contributed by atoms with van der Waals surface area (Å²) in [7, 11) is 0. The summed E-state index contributed by atoms with van der Waals surface area (Å²) in [6.45, 7) is 6.15. The molecule has 0 bridgehead atoms. The predicted octanol–water partition coefficient (Wildman–Crippen LogP) is 1.63. The molecule has 0 saturated heterocycles. The first kappa shape index (κ1) is 10.6. The molecule has 1 aromatic heterocycles. The van der Waals surface area contributed by atoms with E-state index < -0.39 is 0 Å². The van der Waals surface area contributed by atoms with Crippen molar-refractivity contribution >= 4 is 11.3 Å². The molecule has 1 aromatic rings. The van der Waals surface area contributed by atoms with Gasteiger partial charge in [0.05, 0.1) is 12.3 Å². The lowest BCUT2D eigenvalue weighted by Crippen LogP contribution is -2.04. The van der Waals surface area contributed by atoms with E-state index in [1.54, 1.807) is 11.3 Å². The first-order valence-corrected chi connectivity index (χ1v) is 5.26. The third-order valence-corrected chi connectivity index (χ3v) is 2.84. The normalized spacial score (nSPS) is 10.7. The van der Waals surface area contributed by atoms with Crippen molar-refractivity contribution in [1.29, 1.82) is 0 Å². The Bertz CT molecular complexity index is 241. The van der Waals surface area contributed by atoms with E-state index in [0.717, 1.165) is 23.7 Å². The minimum Gasteiger partial charge on any atom is -0.374 e. The van der Waals surface area contributed by atoms with Crippen LogP contribution in [0.3, 0.4) is 0 Å². The second kappa shape index (κ2) is 5.32. The summed E-state index contributed by atoms with van der Waals surface area (Å²) in [6, 6.07) is 0. The lowest BCUT2D eigenvalue weighted by atomic mass is 10.4. The highest BCUT2D eigenvalue weighted by molar-refractivity contribution is 7.11. The molecule has 0 amide bonds. The summed E-state index contributed by atoms with van der Waals surface area (Å²) < 4.78 is 5.40. The lowest BCUT2D eigenvalue weighted by Gasteiger charge is -1.98. The van der Waals surface area contributed by atoms with E-state index >= 15 is 0 Å². The van der Waals surface area contributed by atoms with Gasteiger partial charge in [-0.3, -0.25) is 0 Å². The van der Waals surface area contributed by atoms with Crippen molar-refractivity contribution in [3.05, 3.63) is 15.6 Å². The largest absolute Gasteiger partial charge is 0.374 e. The van der Waals surface area contributed by atoms with Crippen LogP contribution in [0.2, 0.25) is 0 Å². The SMILES string of the molecule is Cc1nc(COCCCN)sc1C. The van der Waals surface area contributed by atoms with Crippen LogP contribution in [0.25, 0.3) is 0 Å². The van der Waals surface area contributed by atoms with Gasteiger partial charge in [0, 0.05) is 11.5 Å². The molecule has 0 radical (unpaired) electrons. The lowest BCUT2D eigenvalue weighted by molar-refractivity contribution is 0.119. The van der Waals surface area contributed by atoms with Gasteiger partial charge < -0.3 is 10.5 Å². The highest BCUT2D eigenvalue weighted by Gasteiger charge is 2.02. The van der Waals surface area contributed by atoms with Gasteiger partial charge >= 0.3 is 0 Å². The smallest absolute Gasteiger partial charge is 0.119 e. The summed E-state index contributed by atoms with van der Waals surface area (Å²) in [5.74, 6) is 0. The van der Waals surface area contributed by atoms with Crippen LogP contribution in [0.4, 0.5) is 0 Å².